The molecule has 1 rings (SSSR count). The summed E-state index contributed by atoms with van der Waals surface area (Å²) in [6.45, 7) is 11.5. The van der Waals surface area contributed by atoms with Crippen LogP contribution < -0.4 is 0 Å². The van der Waals surface area contributed by atoms with Gasteiger partial charge in [-0.25, -0.2) is 4.79 Å². The molecule has 0 aromatic carbocycles. The Labute approximate surface area is 146 Å². The fraction of sp³-hybridized carbons (Fsp3) is 0.889. The second-order valence-electron chi connectivity index (χ2n) is 6.82. The van der Waals surface area contributed by atoms with Crippen LogP contribution in [0.2, 0.25) is 0 Å². The van der Waals surface area contributed by atoms with Gasteiger partial charge >= 0.3 is 6.03 Å². The molecule has 0 unspecified atom stereocenters. The molecule has 0 aromatic rings. The van der Waals surface area contributed by atoms with E-state index in [1.165, 1.54) is 4.90 Å². The molecule has 0 spiro atoms. The molecule has 140 valence electrons. The molecule has 0 aliphatic carbocycles. The van der Waals surface area contributed by atoms with Crippen molar-refractivity contribution in [2.24, 2.45) is 5.41 Å². The van der Waals surface area contributed by atoms with Gasteiger partial charge in [-0.05, 0) is 32.6 Å². The minimum Gasteiger partial charge on any atom is -0.396 e. The third kappa shape index (κ3) is 3.91. The van der Waals surface area contributed by atoms with E-state index in [1.807, 2.05) is 34.6 Å². The normalized spacial score (nSPS) is 16.4. The fourth-order valence-electron chi connectivity index (χ4n) is 3.28. The van der Waals surface area contributed by atoms with Crippen LogP contribution in [0, 0.1) is 5.41 Å². The Hall–Kier alpha value is -1.14. The molecule has 1 heterocycles. The lowest BCUT2D eigenvalue weighted by atomic mass is 9.84. The van der Waals surface area contributed by atoms with Gasteiger partial charge in [-0.15, -0.1) is 0 Å². The predicted octanol–water partition coefficient (Wildman–Crippen LogP) is 2.64. The number of carbonyl (C=O) groups is 2. The lowest BCUT2D eigenvalue weighted by Crippen LogP contribution is -2.55. The van der Waals surface area contributed by atoms with Crippen LogP contribution in [0.4, 0.5) is 4.79 Å². The Bertz CT molecular complexity index is 422. The van der Waals surface area contributed by atoms with Crippen LogP contribution in [0.3, 0.4) is 0 Å². The second kappa shape index (κ2) is 8.81. The number of amides is 3. The van der Waals surface area contributed by atoms with Gasteiger partial charge in [-0.1, -0.05) is 27.7 Å². The van der Waals surface area contributed by atoms with Crippen LogP contribution in [0.25, 0.3) is 0 Å². The Morgan fingerprint density at radius 2 is 1.58 bits per heavy atom. The molecular formula is C18H34N2O4. The van der Waals surface area contributed by atoms with E-state index in [2.05, 4.69) is 0 Å². The number of hydrogen-bond acceptors (Lipinski definition) is 4. The smallest absolute Gasteiger partial charge is 0.327 e. The molecule has 24 heavy (non-hydrogen) atoms. The Morgan fingerprint density at radius 3 is 1.96 bits per heavy atom. The average molecular weight is 342 g/mol. The molecule has 3 amide bonds. The van der Waals surface area contributed by atoms with Crippen LogP contribution in [0.15, 0.2) is 0 Å². The van der Waals surface area contributed by atoms with Crippen molar-refractivity contribution >= 4 is 11.9 Å². The summed E-state index contributed by atoms with van der Waals surface area (Å²) in [7, 11) is 0. The van der Waals surface area contributed by atoms with Crippen LogP contribution in [-0.2, 0) is 9.53 Å². The van der Waals surface area contributed by atoms with Gasteiger partial charge in [0.05, 0.1) is 25.4 Å². The van der Waals surface area contributed by atoms with Gasteiger partial charge in [0, 0.05) is 12.0 Å². The Morgan fingerprint density at radius 1 is 1.00 bits per heavy atom. The molecule has 0 bridgehead atoms. The first-order chi connectivity index (χ1) is 11.4. The maximum absolute atomic E-state index is 12.6. The van der Waals surface area contributed by atoms with Crippen molar-refractivity contribution in [3.63, 3.8) is 0 Å². The van der Waals surface area contributed by atoms with E-state index in [0.29, 0.717) is 32.6 Å². The summed E-state index contributed by atoms with van der Waals surface area (Å²) in [5.74, 6) is -0.145. The molecule has 6 nitrogen and oxygen atoms in total. The van der Waals surface area contributed by atoms with Gasteiger partial charge in [0.1, 0.15) is 6.54 Å². The van der Waals surface area contributed by atoms with Gasteiger partial charge in [0.25, 0.3) is 5.91 Å². The molecule has 0 saturated carbocycles. The number of hydrogen-bond donors (Lipinski definition) is 1. The number of ether oxygens (including phenoxy) is 1. The lowest BCUT2D eigenvalue weighted by Gasteiger charge is -2.40. The minimum absolute atomic E-state index is 0.0798. The first kappa shape index (κ1) is 20.9. The molecule has 0 atom stereocenters. The summed E-state index contributed by atoms with van der Waals surface area (Å²) in [5, 5.41) is 9.68. The number of likely N-dealkylation sites (N-methyl/N-ethyl adjacent to an activating group) is 1. The number of rotatable bonds is 11. The predicted molar refractivity (Wildman–Crippen MR) is 93.7 cm³/mol. The minimum atomic E-state index is -0.610. The van der Waals surface area contributed by atoms with E-state index < -0.39 is 5.54 Å². The number of aliphatic hydroxyl groups excluding tert-OH is 1. The molecular weight excluding hydrogens is 308 g/mol. The van der Waals surface area contributed by atoms with E-state index in [0.717, 1.165) is 12.8 Å². The molecule has 1 aliphatic rings. The lowest BCUT2D eigenvalue weighted by molar-refractivity contribution is -0.133. The van der Waals surface area contributed by atoms with Crippen LogP contribution in [0.5, 0.6) is 0 Å². The number of nitrogens with zero attached hydrogens (tertiary/aromatic N) is 2. The quantitative estimate of drug-likeness (QED) is 0.586. The average Bonchev–Trinajstić information content (AvgIpc) is 2.91. The molecule has 1 aliphatic heterocycles. The van der Waals surface area contributed by atoms with Crippen molar-refractivity contribution in [3.05, 3.63) is 0 Å². The van der Waals surface area contributed by atoms with Crippen molar-refractivity contribution in [1.29, 1.82) is 0 Å². The standard InChI is InChI=1S/C18H34N2O4/c1-6-17(7-2,12-21)13-24-14-18(8-3,9-4)20-15(22)11-19(10-5)16(20)23/h21H,6-14H2,1-5H3. The van der Waals surface area contributed by atoms with Crippen molar-refractivity contribution in [1.82, 2.24) is 9.80 Å². The van der Waals surface area contributed by atoms with Crippen molar-refractivity contribution in [2.45, 2.75) is 65.8 Å². The second-order valence-corrected chi connectivity index (χ2v) is 6.82. The van der Waals surface area contributed by atoms with Gasteiger partial charge < -0.3 is 14.7 Å². The Kier molecular flexibility index (Phi) is 7.67. The number of imide groups is 1. The Balaban J connectivity index is 2.89. The van der Waals surface area contributed by atoms with Crippen LogP contribution in [-0.4, -0.2) is 65.3 Å². The van der Waals surface area contributed by atoms with Crippen LogP contribution in [0.1, 0.15) is 60.3 Å². The van der Waals surface area contributed by atoms with E-state index in [1.54, 1.807) is 4.90 Å². The first-order valence-electron chi connectivity index (χ1n) is 9.19. The monoisotopic (exact) mass is 342 g/mol. The third-order valence-corrected chi connectivity index (χ3v) is 5.82. The largest absolute Gasteiger partial charge is 0.396 e. The molecule has 1 fully saturated rings. The maximum Gasteiger partial charge on any atom is 0.327 e. The van der Waals surface area contributed by atoms with Gasteiger partial charge in [-0.3, -0.25) is 9.69 Å². The number of urea groups is 1. The maximum atomic E-state index is 12.6. The summed E-state index contributed by atoms with van der Waals surface area (Å²) in [6, 6.07) is -0.214. The van der Waals surface area contributed by atoms with Crippen molar-refractivity contribution in [3.8, 4) is 0 Å². The molecule has 1 saturated heterocycles. The summed E-state index contributed by atoms with van der Waals surface area (Å²) >= 11 is 0. The van der Waals surface area contributed by atoms with Gasteiger partial charge in [-0.2, -0.15) is 0 Å². The highest BCUT2D eigenvalue weighted by molar-refractivity contribution is 6.02. The summed E-state index contributed by atoms with van der Waals surface area (Å²) in [4.78, 5) is 28.0. The summed E-state index contributed by atoms with van der Waals surface area (Å²) in [5.41, 5.74) is -0.859. The zero-order valence-corrected chi connectivity index (χ0v) is 15.9. The number of aliphatic hydroxyl groups is 1. The van der Waals surface area contributed by atoms with Gasteiger partial charge in [0.15, 0.2) is 0 Å². The highest BCUT2D eigenvalue weighted by Crippen LogP contribution is 2.31. The van der Waals surface area contributed by atoms with Crippen molar-refractivity contribution in [2.75, 3.05) is 32.9 Å². The zero-order chi connectivity index (χ0) is 18.4. The van der Waals surface area contributed by atoms with E-state index in [9.17, 15) is 14.7 Å². The number of carbonyl (C=O) groups excluding carboxylic acids is 2. The molecule has 1 N–H and O–H groups in total. The summed E-state index contributed by atoms with van der Waals surface area (Å²) in [6.07, 6.45) is 2.97. The molecule has 0 radical (unpaired) electrons. The SMILES string of the molecule is CCN1CC(=O)N(C(CC)(CC)COCC(CC)(CC)CO)C1=O. The molecule has 6 heteroatoms. The highest BCUT2D eigenvalue weighted by atomic mass is 16.5. The fourth-order valence-corrected chi connectivity index (χ4v) is 3.28. The third-order valence-electron chi connectivity index (χ3n) is 5.82. The molecule has 0 aromatic heterocycles. The van der Waals surface area contributed by atoms with E-state index in [-0.39, 0.29) is 30.5 Å². The van der Waals surface area contributed by atoms with Crippen molar-refractivity contribution < 1.29 is 19.4 Å². The first-order valence-corrected chi connectivity index (χ1v) is 9.19. The topological polar surface area (TPSA) is 70.1 Å². The van der Waals surface area contributed by atoms with E-state index in [4.69, 9.17) is 4.74 Å². The van der Waals surface area contributed by atoms with E-state index >= 15 is 0 Å². The highest BCUT2D eigenvalue weighted by Gasteiger charge is 2.47. The summed E-state index contributed by atoms with van der Waals surface area (Å²) < 4.78 is 5.97. The van der Waals surface area contributed by atoms with Gasteiger partial charge in [0.2, 0.25) is 0 Å². The zero-order valence-electron chi connectivity index (χ0n) is 15.9. The van der Waals surface area contributed by atoms with Crippen LogP contribution >= 0.6 is 0 Å².